The Kier molecular flexibility index (Phi) is 5.29. The molecule has 0 aromatic carbocycles. The molecule has 0 radical (unpaired) electrons. The number of hydrogen-bond acceptors (Lipinski definition) is 5. The molecule has 1 atom stereocenters. The van der Waals surface area contributed by atoms with Gasteiger partial charge in [0, 0.05) is 17.9 Å². The topological polar surface area (TPSA) is 79.7 Å². The van der Waals surface area contributed by atoms with E-state index in [4.69, 9.17) is 5.11 Å². The Morgan fingerprint density at radius 2 is 2.21 bits per heavy atom. The fourth-order valence-corrected chi connectivity index (χ4v) is 1.68. The minimum Gasteiger partial charge on any atom is -0.480 e. The van der Waals surface area contributed by atoms with E-state index in [1.807, 2.05) is 13.8 Å². The van der Waals surface area contributed by atoms with E-state index < -0.39 is 11.9 Å². The maximum atomic E-state index is 11.4. The van der Waals surface area contributed by atoms with Gasteiger partial charge in [-0.1, -0.05) is 6.92 Å². The molecule has 104 valence electrons. The average Bonchev–Trinajstić information content (AvgIpc) is 2.43. The summed E-state index contributed by atoms with van der Waals surface area (Å²) in [6.07, 6.45) is 2.27. The SMILES string of the molecule is CCC(C)N(CC(=O)O)c1ccnc(C(=O)OC)c1. The number of rotatable bonds is 6. The van der Waals surface area contributed by atoms with Crippen LogP contribution < -0.4 is 4.90 Å². The first-order valence-corrected chi connectivity index (χ1v) is 6.02. The monoisotopic (exact) mass is 266 g/mol. The van der Waals surface area contributed by atoms with Crippen molar-refractivity contribution in [3.63, 3.8) is 0 Å². The zero-order valence-corrected chi connectivity index (χ0v) is 11.3. The Morgan fingerprint density at radius 1 is 1.53 bits per heavy atom. The zero-order chi connectivity index (χ0) is 14.4. The highest BCUT2D eigenvalue weighted by molar-refractivity contribution is 5.88. The van der Waals surface area contributed by atoms with Crippen LogP contribution in [0.5, 0.6) is 0 Å². The molecule has 0 saturated carbocycles. The molecule has 1 unspecified atom stereocenters. The zero-order valence-electron chi connectivity index (χ0n) is 11.3. The van der Waals surface area contributed by atoms with Crippen molar-refractivity contribution in [2.45, 2.75) is 26.3 Å². The van der Waals surface area contributed by atoms with Crippen LogP contribution in [-0.4, -0.2) is 41.7 Å². The largest absolute Gasteiger partial charge is 0.480 e. The summed E-state index contributed by atoms with van der Waals surface area (Å²) < 4.78 is 4.60. The van der Waals surface area contributed by atoms with Gasteiger partial charge in [0.15, 0.2) is 0 Å². The number of carboxylic acids is 1. The second kappa shape index (κ2) is 6.72. The van der Waals surface area contributed by atoms with Crippen LogP contribution >= 0.6 is 0 Å². The number of pyridine rings is 1. The Bertz CT molecular complexity index is 462. The lowest BCUT2D eigenvalue weighted by molar-refractivity contribution is -0.135. The molecule has 0 spiro atoms. The van der Waals surface area contributed by atoms with E-state index >= 15 is 0 Å². The first-order chi connectivity index (χ1) is 8.99. The van der Waals surface area contributed by atoms with Gasteiger partial charge >= 0.3 is 11.9 Å². The fraction of sp³-hybridized carbons (Fsp3) is 0.462. The summed E-state index contributed by atoms with van der Waals surface area (Å²) in [4.78, 5) is 28.0. The van der Waals surface area contributed by atoms with Crippen molar-refractivity contribution in [3.8, 4) is 0 Å². The van der Waals surface area contributed by atoms with E-state index in [-0.39, 0.29) is 18.3 Å². The number of hydrogen-bond donors (Lipinski definition) is 1. The van der Waals surface area contributed by atoms with E-state index in [2.05, 4.69) is 9.72 Å². The third-order valence-corrected chi connectivity index (χ3v) is 2.90. The van der Waals surface area contributed by atoms with Gasteiger partial charge < -0.3 is 14.7 Å². The molecular formula is C13H18N2O4. The lowest BCUT2D eigenvalue weighted by Gasteiger charge is -2.29. The van der Waals surface area contributed by atoms with Gasteiger partial charge in [-0.25, -0.2) is 9.78 Å². The van der Waals surface area contributed by atoms with Crippen molar-refractivity contribution in [2.24, 2.45) is 0 Å². The van der Waals surface area contributed by atoms with Crippen molar-refractivity contribution >= 4 is 17.6 Å². The molecule has 0 aliphatic rings. The van der Waals surface area contributed by atoms with Crippen LogP contribution in [0.3, 0.4) is 0 Å². The Balaban J connectivity index is 3.08. The van der Waals surface area contributed by atoms with E-state index in [1.54, 1.807) is 17.0 Å². The van der Waals surface area contributed by atoms with Crippen molar-refractivity contribution in [1.82, 2.24) is 4.98 Å². The molecule has 0 amide bonds. The van der Waals surface area contributed by atoms with Gasteiger partial charge in [0.25, 0.3) is 0 Å². The van der Waals surface area contributed by atoms with Crippen molar-refractivity contribution in [2.75, 3.05) is 18.6 Å². The lowest BCUT2D eigenvalue weighted by atomic mass is 10.2. The van der Waals surface area contributed by atoms with Crippen molar-refractivity contribution < 1.29 is 19.4 Å². The number of aliphatic carboxylic acids is 1. The number of nitrogens with zero attached hydrogens (tertiary/aromatic N) is 2. The summed E-state index contributed by atoms with van der Waals surface area (Å²) in [5.74, 6) is -1.46. The molecule has 1 rings (SSSR count). The maximum absolute atomic E-state index is 11.4. The van der Waals surface area contributed by atoms with Crippen LogP contribution in [0.1, 0.15) is 30.8 Å². The average molecular weight is 266 g/mol. The summed E-state index contributed by atoms with van der Waals surface area (Å²) in [5, 5.41) is 8.97. The number of methoxy groups -OCH3 is 1. The Morgan fingerprint density at radius 3 is 2.74 bits per heavy atom. The maximum Gasteiger partial charge on any atom is 0.356 e. The molecule has 0 aliphatic heterocycles. The highest BCUT2D eigenvalue weighted by atomic mass is 16.5. The van der Waals surface area contributed by atoms with E-state index in [0.29, 0.717) is 5.69 Å². The van der Waals surface area contributed by atoms with Gasteiger partial charge in [0.2, 0.25) is 0 Å². The molecule has 19 heavy (non-hydrogen) atoms. The number of carbonyl (C=O) groups excluding carboxylic acids is 1. The second-order valence-electron chi connectivity index (χ2n) is 4.17. The van der Waals surface area contributed by atoms with Gasteiger partial charge in [-0.15, -0.1) is 0 Å². The van der Waals surface area contributed by atoms with Crippen LogP contribution in [0.25, 0.3) is 0 Å². The van der Waals surface area contributed by atoms with Gasteiger partial charge in [0.05, 0.1) is 7.11 Å². The third kappa shape index (κ3) is 3.94. The summed E-state index contributed by atoms with van der Waals surface area (Å²) in [6.45, 7) is 3.78. The van der Waals surface area contributed by atoms with Crippen LogP contribution in [0.2, 0.25) is 0 Å². The minimum atomic E-state index is -0.920. The highest BCUT2D eigenvalue weighted by Crippen LogP contribution is 2.19. The summed E-state index contributed by atoms with van der Waals surface area (Å²) in [5.41, 5.74) is 0.811. The number of esters is 1. The highest BCUT2D eigenvalue weighted by Gasteiger charge is 2.18. The summed E-state index contributed by atoms with van der Waals surface area (Å²) in [6, 6.07) is 3.27. The minimum absolute atomic E-state index is 0.0454. The number of anilines is 1. The Hall–Kier alpha value is -2.11. The van der Waals surface area contributed by atoms with Crippen molar-refractivity contribution in [3.05, 3.63) is 24.0 Å². The molecule has 1 N–H and O–H groups in total. The normalized spacial score (nSPS) is 11.7. The van der Waals surface area contributed by atoms with Crippen molar-refractivity contribution in [1.29, 1.82) is 0 Å². The standard InChI is InChI=1S/C13H18N2O4/c1-4-9(2)15(8-12(16)17)10-5-6-14-11(7-10)13(18)19-3/h5-7,9H,4,8H2,1-3H3,(H,16,17). The smallest absolute Gasteiger partial charge is 0.356 e. The number of ether oxygens (including phenoxy) is 1. The van der Waals surface area contributed by atoms with Crippen LogP contribution in [0.15, 0.2) is 18.3 Å². The predicted molar refractivity (Wildman–Crippen MR) is 70.3 cm³/mol. The Labute approximate surface area is 112 Å². The molecular weight excluding hydrogens is 248 g/mol. The quantitative estimate of drug-likeness (QED) is 0.787. The van der Waals surface area contributed by atoms with E-state index in [0.717, 1.165) is 6.42 Å². The molecule has 1 aromatic rings. The predicted octanol–water partition coefficient (Wildman–Crippen LogP) is 1.56. The number of carbonyl (C=O) groups is 2. The van der Waals surface area contributed by atoms with Crippen LogP contribution in [-0.2, 0) is 9.53 Å². The molecule has 0 fully saturated rings. The third-order valence-electron chi connectivity index (χ3n) is 2.90. The molecule has 6 nitrogen and oxygen atoms in total. The molecule has 1 heterocycles. The fourth-order valence-electron chi connectivity index (χ4n) is 1.68. The van der Waals surface area contributed by atoms with Gasteiger partial charge in [-0.2, -0.15) is 0 Å². The van der Waals surface area contributed by atoms with Gasteiger partial charge in [0.1, 0.15) is 12.2 Å². The molecule has 1 aromatic heterocycles. The van der Waals surface area contributed by atoms with Gasteiger partial charge in [-0.05, 0) is 25.5 Å². The van der Waals surface area contributed by atoms with E-state index in [9.17, 15) is 9.59 Å². The number of carboxylic acid groups (broad SMARTS) is 1. The molecule has 6 heteroatoms. The first-order valence-electron chi connectivity index (χ1n) is 6.02. The summed E-state index contributed by atoms with van der Waals surface area (Å²) in [7, 11) is 1.28. The lowest BCUT2D eigenvalue weighted by Crippen LogP contribution is -2.37. The van der Waals surface area contributed by atoms with Gasteiger partial charge in [-0.3, -0.25) is 4.79 Å². The summed E-state index contributed by atoms with van der Waals surface area (Å²) >= 11 is 0. The van der Waals surface area contributed by atoms with E-state index in [1.165, 1.54) is 13.3 Å². The first kappa shape index (κ1) is 14.9. The molecule has 0 aliphatic carbocycles. The van der Waals surface area contributed by atoms with Crippen LogP contribution in [0, 0.1) is 0 Å². The molecule has 0 bridgehead atoms. The van der Waals surface area contributed by atoms with Crippen LogP contribution in [0.4, 0.5) is 5.69 Å². The molecule has 0 saturated heterocycles. The number of aromatic nitrogens is 1. The second-order valence-corrected chi connectivity index (χ2v) is 4.17.